The lowest BCUT2D eigenvalue weighted by Gasteiger charge is -2.39. The van der Waals surface area contributed by atoms with Crippen LogP contribution in [0.15, 0.2) is 358 Å². The lowest BCUT2D eigenvalue weighted by Crippen LogP contribution is -2.44. The number of fused-ring (bicyclic) bond motifs is 11. The maximum atomic E-state index is 6.83. The van der Waals surface area contributed by atoms with E-state index in [1.165, 1.54) is 10.8 Å². The molecule has 0 amide bonds. The monoisotopic (exact) mass is 1270 g/mol. The Hall–Kier alpha value is -13.0. The molecule has 0 radical (unpaired) electrons. The van der Waals surface area contributed by atoms with E-state index in [1.54, 1.807) is 0 Å². The third-order valence-electron chi connectivity index (χ3n) is 19.9. The fourth-order valence-corrected chi connectivity index (χ4v) is 15.3. The van der Waals surface area contributed by atoms with Crippen molar-refractivity contribution in [3.63, 3.8) is 0 Å². The number of aromatic nitrogens is 1. The highest BCUT2D eigenvalue weighted by Gasteiger charge is 2.37. The van der Waals surface area contributed by atoms with E-state index < -0.39 is 0 Å². The van der Waals surface area contributed by atoms with E-state index in [-0.39, 0.29) is 6.71 Å². The van der Waals surface area contributed by atoms with Gasteiger partial charge in [-0.25, -0.2) is 0 Å². The second kappa shape index (κ2) is 23.7. The molecular formula is C91H62BN5O2. The highest BCUT2D eigenvalue weighted by atomic mass is 16.5. The molecule has 3 aliphatic rings. The minimum atomic E-state index is -0.297. The summed E-state index contributed by atoms with van der Waals surface area (Å²) in [5.41, 5.74) is 26.1. The molecule has 0 N–H and O–H groups in total. The Kier molecular flexibility index (Phi) is 13.7. The third-order valence-corrected chi connectivity index (χ3v) is 19.9. The summed E-state index contributed by atoms with van der Waals surface area (Å²) in [6.07, 6.45) is 0. The number of anilines is 12. The standard InChI is InChI=1S/C91H62BN5O2/c1-92-76-57-74(65-30-10-4-11-31-65)84(96-80-38-18-22-42-88(80)98-89-43-23-19-39-81(89)96)59-86(76)93(67-50-46-63(47-51-67)61-26-6-2-7-27-61)69-54-70(56-71(55-69)95-78-36-16-14-34-72(78)73-35-15-17-37-79(73)95)94(68-52-48-64(49-53-68)62-28-8-3-9-29-62)87-60-85(75(58-77(87)92)66-32-12-5-13-33-66)97-82-40-20-24-44-90(82)99-91-45-25-21-41-83(91)97/h2-60H,1H3. The molecule has 19 rings (SSSR count). The van der Waals surface area contributed by atoms with Crippen molar-refractivity contribution in [1.29, 1.82) is 0 Å². The summed E-state index contributed by atoms with van der Waals surface area (Å²) in [7, 11) is 0. The van der Waals surface area contributed by atoms with Crippen molar-refractivity contribution in [3.05, 3.63) is 358 Å². The van der Waals surface area contributed by atoms with Gasteiger partial charge in [-0.15, -0.1) is 0 Å². The fraction of sp³-hybridized carbons (Fsp3) is 0.0110. The molecule has 0 saturated carbocycles. The van der Waals surface area contributed by atoms with E-state index in [1.807, 2.05) is 0 Å². The van der Waals surface area contributed by atoms with Gasteiger partial charge in [0, 0.05) is 44.6 Å². The average molecular weight is 1270 g/mol. The largest absolute Gasteiger partial charge is 0.453 e. The molecule has 4 heterocycles. The molecule has 16 aromatic rings. The van der Waals surface area contributed by atoms with Crippen LogP contribution in [-0.2, 0) is 0 Å². The number of benzene rings is 15. The number of ether oxygens (including phenoxy) is 2. The van der Waals surface area contributed by atoms with Crippen LogP contribution in [0, 0.1) is 0 Å². The first kappa shape index (κ1) is 57.4. The Morgan fingerprint density at radius 1 is 0.222 bits per heavy atom. The molecule has 0 saturated heterocycles. The number of nitrogens with zero attached hydrogens (tertiary/aromatic N) is 5. The Bertz CT molecular complexity index is 5340. The van der Waals surface area contributed by atoms with Crippen molar-refractivity contribution in [2.24, 2.45) is 0 Å². The Morgan fingerprint density at radius 3 is 0.899 bits per heavy atom. The van der Waals surface area contributed by atoms with Gasteiger partial charge >= 0.3 is 0 Å². The Labute approximate surface area is 575 Å². The molecule has 0 atom stereocenters. The van der Waals surface area contributed by atoms with E-state index in [9.17, 15) is 0 Å². The average Bonchev–Trinajstić information content (AvgIpc) is 1.65. The fourth-order valence-electron chi connectivity index (χ4n) is 15.3. The van der Waals surface area contributed by atoms with Crippen LogP contribution < -0.4 is 40.0 Å². The molecule has 99 heavy (non-hydrogen) atoms. The van der Waals surface area contributed by atoms with Crippen LogP contribution in [0.3, 0.4) is 0 Å². The molecule has 0 unspecified atom stereocenters. The minimum Gasteiger partial charge on any atom is -0.453 e. The number of hydrogen-bond acceptors (Lipinski definition) is 6. The molecule has 3 aliphatic heterocycles. The lowest BCUT2D eigenvalue weighted by atomic mass is 9.41. The lowest BCUT2D eigenvalue weighted by molar-refractivity contribution is 0.477. The van der Waals surface area contributed by atoms with Gasteiger partial charge in [-0.05, 0) is 149 Å². The molecule has 7 nitrogen and oxygen atoms in total. The normalized spacial score (nSPS) is 12.8. The van der Waals surface area contributed by atoms with Gasteiger partial charge in [-0.3, -0.25) is 0 Å². The molecule has 1 aromatic heterocycles. The van der Waals surface area contributed by atoms with E-state index in [2.05, 4.69) is 389 Å². The van der Waals surface area contributed by atoms with Crippen molar-refractivity contribution in [2.45, 2.75) is 6.82 Å². The first-order valence-corrected chi connectivity index (χ1v) is 33.9. The van der Waals surface area contributed by atoms with Crippen LogP contribution in [0.5, 0.6) is 23.0 Å². The molecule has 2 bridgehead atoms. The van der Waals surface area contributed by atoms with Gasteiger partial charge < -0.3 is 33.6 Å². The van der Waals surface area contributed by atoms with E-state index in [4.69, 9.17) is 9.47 Å². The molecular weight excluding hydrogens is 1210 g/mol. The van der Waals surface area contributed by atoms with Crippen LogP contribution in [-0.4, -0.2) is 11.3 Å². The predicted molar refractivity (Wildman–Crippen MR) is 412 cm³/mol. The zero-order valence-corrected chi connectivity index (χ0v) is 54.2. The van der Waals surface area contributed by atoms with Crippen LogP contribution in [0.25, 0.3) is 72.0 Å². The number of hydrogen-bond donors (Lipinski definition) is 0. The Morgan fingerprint density at radius 2 is 0.525 bits per heavy atom. The SMILES string of the molecule is CB1c2cc(-c3ccccc3)c(N3c4ccccc4Oc4ccccc43)cc2N(c2ccc(-c3ccccc3)cc2)c2cc(cc(-n3c4ccccc4c4ccccc43)c2)N(c2ccc(-c3ccccc3)cc2)c2cc(N3c4ccccc4Oc4ccccc43)c(-c3ccccc3)cc21. The molecule has 0 aliphatic carbocycles. The van der Waals surface area contributed by atoms with Gasteiger partial charge in [-0.2, -0.15) is 0 Å². The quantitative estimate of drug-likeness (QED) is 0.134. The van der Waals surface area contributed by atoms with Crippen LogP contribution >= 0.6 is 0 Å². The summed E-state index contributed by atoms with van der Waals surface area (Å²) in [4.78, 5) is 9.91. The summed E-state index contributed by atoms with van der Waals surface area (Å²) in [5, 5.41) is 2.36. The van der Waals surface area contributed by atoms with E-state index in [0.717, 1.165) is 163 Å². The molecule has 0 spiro atoms. The molecule has 0 fully saturated rings. The minimum absolute atomic E-state index is 0.297. The van der Waals surface area contributed by atoms with Gasteiger partial charge in [0.05, 0.1) is 62.2 Å². The summed E-state index contributed by atoms with van der Waals surface area (Å²) in [6, 6.07) is 130. The topological polar surface area (TPSA) is 36.4 Å². The third kappa shape index (κ3) is 9.75. The zero-order valence-electron chi connectivity index (χ0n) is 54.2. The molecule has 8 heteroatoms. The van der Waals surface area contributed by atoms with Crippen LogP contribution in [0.4, 0.5) is 68.2 Å². The zero-order chi connectivity index (χ0) is 65.5. The first-order chi connectivity index (χ1) is 49.0. The van der Waals surface area contributed by atoms with Gasteiger partial charge in [0.25, 0.3) is 0 Å². The van der Waals surface area contributed by atoms with Crippen molar-refractivity contribution in [1.82, 2.24) is 4.57 Å². The van der Waals surface area contributed by atoms with E-state index in [0.29, 0.717) is 0 Å². The molecule has 15 aromatic carbocycles. The number of para-hydroxylation sites is 10. The number of rotatable bonds is 9. The van der Waals surface area contributed by atoms with Gasteiger partial charge in [0.1, 0.15) is 0 Å². The highest BCUT2D eigenvalue weighted by Crippen LogP contribution is 2.57. The van der Waals surface area contributed by atoms with Crippen molar-refractivity contribution < 1.29 is 9.47 Å². The predicted octanol–water partition coefficient (Wildman–Crippen LogP) is 24.1. The maximum Gasteiger partial charge on any atom is 0.211 e. The maximum absolute atomic E-state index is 6.83. The van der Waals surface area contributed by atoms with Crippen molar-refractivity contribution in [2.75, 3.05) is 19.6 Å². The second-order valence-corrected chi connectivity index (χ2v) is 25.6. The molecule has 466 valence electrons. The summed E-state index contributed by atoms with van der Waals surface area (Å²) in [6.45, 7) is 2.13. The van der Waals surface area contributed by atoms with E-state index >= 15 is 0 Å². The Balaban J connectivity index is 0.986. The van der Waals surface area contributed by atoms with Crippen LogP contribution in [0.2, 0.25) is 6.82 Å². The van der Waals surface area contributed by atoms with Crippen LogP contribution in [0.1, 0.15) is 0 Å². The summed E-state index contributed by atoms with van der Waals surface area (Å²) < 4.78 is 16.1. The van der Waals surface area contributed by atoms with Gasteiger partial charge in [-0.1, -0.05) is 260 Å². The second-order valence-electron chi connectivity index (χ2n) is 25.6. The smallest absolute Gasteiger partial charge is 0.211 e. The van der Waals surface area contributed by atoms with Crippen molar-refractivity contribution >= 4 is 108 Å². The highest BCUT2D eigenvalue weighted by molar-refractivity contribution is 6.86. The summed E-state index contributed by atoms with van der Waals surface area (Å²) >= 11 is 0. The van der Waals surface area contributed by atoms with Gasteiger partial charge in [0.2, 0.25) is 6.71 Å². The van der Waals surface area contributed by atoms with Crippen molar-refractivity contribution in [3.8, 4) is 73.2 Å². The summed E-state index contributed by atoms with van der Waals surface area (Å²) in [5.74, 6) is 3.12. The van der Waals surface area contributed by atoms with Gasteiger partial charge in [0.15, 0.2) is 23.0 Å². The first-order valence-electron chi connectivity index (χ1n) is 33.9.